The van der Waals surface area contributed by atoms with E-state index in [4.69, 9.17) is 4.74 Å². The van der Waals surface area contributed by atoms with Gasteiger partial charge >= 0.3 is 5.97 Å². The molecular formula is C22H21FN2O3. The first-order chi connectivity index (χ1) is 13.5. The number of rotatable bonds is 6. The Balaban J connectivity index is 1.92. The molecule has 0 atom stereocenters. The highest BCUT2D eigenvalue weighted by Gasteiger charge is 2.20. The second-order valence-corrected chi connectivity index (χ2v) is 6.26. The molecule has 0 aliphatic heterocycles. The molecule has 1 N–H and O–H groups in total. The lowest BCUT2D eigenvalue weighted by molar-refractivity contribution is -0.116. The summed E-state index contributed by atoms with van der Waals surface area (Å²) in [7, 11) is 0. The lowest BCUT2D eigenvalue weighted by Crippen LogP contribution is -2.20. The van der Waals surface area contributed by atoms with E-state index in [9.17, 15) is 14.0 Å². The number of aromatic nitrogens is 1. The molecule has 3 aromatic rings. The summed E-state index contributed by atoms with van der Waals surface area (Å²) in [6, 6.07) is 16.8. The van der Waals surface area contributed by atoms with E-state index >= 15 is 0 Å². The van der Waals surface area contributed by atoms with Gasteiger partial charge < -0.3 is 14.6 Å². The Labute approximate surface area is 162 Å². The highest BCUT2D eigenvalue weighted by atomic mass is 19.1. The molecule has 1 amide bonds. The molecule has 1 heterocycles. The zero-order chi connectivity index (χ0) is 20.1. The van der Waals surface area contributed by atoms with Crippen molar-refractivity contribution in [1.29, 1.82) is 0 Å². The van der Waals surface area contributed by atoms with Gasteiger partial charge in [0.05, 0.1) is 12.2 Å². The van der Waals surface area contributed by atoms with E-state index in [2.05, 4.69) is 5.32 Å². The molecule has 1 aromatic heterocycles. The molecule has 0 radical (unpaired) electrons. The first kappa shape index (κ1) is 19.4. The summed E-state index contributed by atoms with van der Waals surface area (Å²) >= 11 is 0. The molecule has 0 fully saturated rings. The van der Waals surface area contributed by atoms with E-state index in [0.717, 1.165) is 11.3 Å². The fraction of sp³-hybridized carbons (Fsp3) is 0.182. The van der Waals surface area contributed by atoms with Crippen LogP contribution >= 0.6 is 0 Å². The maximum absolute atomic E-state index is 13.0. The van der Waals surface area contributed by atoms with E-state index in [1.54, 1.807) is 24.5 Å². The SMILES string of the molecule is CCOC(=O)c1cc(-c2ccccc2)n(CC(=O)Nc2ccc(F)cc2)c1C. The van der Waals surface area contributed by atoms with Crippen LogP contribution in [-0.4, -0.2) is 23.1 Å². The smallest absolute Gasteiger partial charge is 0.339 e. The normalized spacial score (nSPS) is 10.5. The molecule has 6 heteroatoms. The number of anilines is 1. The van der Waals surface area contributed by atoms with Gasteiger partial charge in [-0.2, -0.15) is 0 Å². The van der Waals surface area contributed by atoms with Gasteiger partial charge in [-0.05, 0) is 49.7 Å². The van der Waals surface area contributed by atoms with Crippen molar-refractivity contribution in [3.63, 3.8) is 0 Å². The number of hydrogen-bond donors (Lipinski definition) is 1. The third-order valence-corrected chi connectivity index (χ3v) is 4.36. The van der Waals surface area contributed by atoms with E-state index in [-0.39, 0.29) is 24.9 Å². The second-order valence-electron chi connectivity index (χ2n) is 6.26. The van der Waals surface area contributed by atoms with Gasteiger partial charge in [0.1, 0.15) is 12.4 Å². The summed E-state index contributed by atoms with van der Waals surface area (Å²) in [6.07, 6.45) is 0. The van der Waals surface area contributed by atoms with Crippen molar-refractivity contribution in [2.24, 2.45) is 0 Å². The van der Waals surface area contributed by atoms with Gasteiger partial charge in [0.25, 0.3) is 0 Å². The van der Waals surface area contributed by atoms with Crippen molar-refractivity contribution in [3.05, 3.63) is 77.7 Å². The van der Waals surface area contributed by atoms with Crippen LogP contribution in [0.4, 0.5) is 10.1 Å². The van der Waals surface area contributed by atoms with E-state index in [1.807, 2.05) is 30.3 Å². The van der Waals surface area contributed by atoms with E-state index < -0.39 is 5.97 Å². The maximum atomic E-state index is 13.0. The zero-order valence-electron chi connectivity index (χ0n) is 15.7. The van der Waals surface area contributed by atoms with Gasteiger partial charge in [-0.1, -0.05) is 30.3 Å². The van der Waals surface area contributed by atoms with Crippen LogP contribution in [0.25, 0.3) is 11.3 Å². The summed E-state index contributed by atoms with van der Waals surface area (Å²) < 4.78 is 20.0. The van der Waals surface area contributed by atoms with Crippen molar-refractivity contribution in [2.45, 2.75) is 20.4 Å². The van der Waals surface area contributed by atoms with Gasteiger partial charge in [0, 0.05) is 17.1 Å². The summed E-state index contributed by atoms with van der Waals surface area (Å²) in [5.41, 5.74) is 3.20. The number of esters is 1. The van der Waals surface area contributed by atoms with Crippen molar-refractivity contribution in [1.82, 2.24) is 4.57 Å². The van der Waals surface area contributed by atoms with Gasteiger partial charge in [-0.3, -0.25) is 4.79 Å². The molecule has 5 nitrogen and oxygen atoms in total. The number of benzene rings is 2. The molecular weight excluding hydrogens is 359 g/mol. The average Bonchev–Trinajstić information content (AvgIpc) is 3.01. The van der Waals surface area contributed by atoms with Crippen molar-refractivity contribution >= 4 is 17.6 Å². The van der Waals surface area contributed by atoms with Crippen LogP contribution < -0.4 is 5.32 Å². The standard InChI is InChI=1S/C22H21FN2O3/c1-3-28-22(27)19-13-20(16-7-5-4-6-8-16)25(15(19)2)14-21(26)24-18-11-9-17(23)10-12-18/h4-13H,3,14H2,1-2H3,(H,24,26). The number of carbonyl (C=O) groups excluding carboxylic acids is 2. The number of nitrogens with zero attached hydrogens (tertiary/aromatic N) is 1. The first-order valence-corrected chi connectivity index (χ1v) is 8.97. The third-order valence-electron chi connectivity index (χ3n) is 4.36. The molecule has 2 aromatic carbocycles. The Morgan fingerprint density at radius 2 is 1.75 bits per heavy atom. The molecule has 0 spiro atoms. The molecule has 0 saturated heterocycles. The number of nitrogens with one attached hydrogen (secondary N) is 1. The number of ether oxygens (including phenoxy) is 1. The molecule has 0 unspecified atom stereocenters. The van der Waals surface area contributed by atoms with Gasteiger partial charge in [0.15, 0.2) is 0 Å². The minimum absolute atomic E-state index is 0.00679. The predicted molar refractivity (Wildman–Crippen MR) is 106 cm³/mol. The lowest BCUT2D eigenvalue weighted by atomic mass is 10.1. The summed E-state index contributed by atoms with van der Waals surface area (Å²) in [6.45, 7) is 3.81. The third kappa shape index (κ3) is 4.28. The number of hydrogen-bond acceptors (Lipinski definition) is 3. The molecule has 0 saturated carbocycles. The highest BCUT2D eigenvalue weighted by Crippen LogP contribution is 2.26. The second kappa shape index (κ2) is 8.52. The van der Waals surface area contributed by atoms with E-state index in [0.29, 0.717) is 16.9 Å². The molecule has 3 rings (SSSR count). The number of halogens is 1. The number of amides is 1. The Hall–Kier alpha value is -3.41. The van der Waals surface area contributed by atoms with Crippen LogP contribution in [0.5, 0.6) is 0 Å². The monoisotopic (exact) mass is 380 g/mol. The first-order valence-electron chi connectivity index (χ1n) is 8.97. The molecule has 144 valence electrons. The predicted octanol–water partition coefficient (Wildman–Crippen LogP) is 4.42. The Bertz CT molecular complexity index is 979. The van der Waals surface area contributed by atoms with Crippen molar-refractivity contribution in [2.75, 3.05) is 11.9 Å². The van der Waals surface area contributed by atoms with Crippen LogP contribution in [0.2, 0.25) is 0 Å². The lowest BCUT2D eigenvalue weighted by Gasteiger charge is -2.12. The van der Waals surface area contributed by atoms with Gasteiger partial charge in [-0.25, -0.2) is 9.18 Å². The molecule has 0 bridgehead atoms. The fourth-order valence-electron chi connectivity index (χ4n) is 2.99. The Morgan fingerprint density at radius 1 is 1.07 bits per heavy atom. The maximum Gasteiger partial charge on any atom is 0.339 e. The molecule has 0 aliphatic carbocycles. The summed E-state index contributed by atoms with van der Waals surface area (Å²) in [5.74, 6) is -1.07. The van der Waals surface area contributed by atoms with Gasteiger partial charge in [0.2, 0.25) is 5.91 Å². The van der Waals surface area contributed by atoms with Crippen LogP contribution in [0.15, 0.2) is 60.7 Å². The van der Waals surface area contributed by atoms with Crippen LogP contribution in [0, 0.1) is 12.7 Å². The minimum Gasteiger partial charge on any atom is -0.462 e. The topological polar surface area (TPSA) is 60.3 Å². The fourth-order valence-corrected chi connectivity index (χ4v) is 2.99. The average molecular weight is 380 g/mol. The van der Waals surface area contributed by atoms with Gasteiger partial charge in [-0.15, -0.1) is 0 Å². The largest absolute Gasteiger partial charge is 0.462 e. The van der Waals surface area contributed by atoms with Crippen LogP contribution in [0.3, 0.4) is 0 Å². The molecule has 28 heavy (non-hydrogen) atoms. The Morgan fingerprint density at radius 3 is 2.39 bits per heavy atom. The summed E-state index contributed by atoms with van der Waals surface area (Å²) in [4.78, 5) is 24.9. The van der Waals surface area contributed by atoms with Crippen molar-refractivity contribution < 1.29 is 18.7 Å². The number of carbonyl (C=O) groups is 2. The van der Waals surface area contributed by atoms with Crippen molar-refractivity contribution in [3.8, 4) is 11.3 Å². The van der Waals surface area contributed by atoms with Crippen LogP contribution in [-0.2, 0) is 16.1 Å². The molecule has 0 aliphatic rings. The quantitative estimate of drug-likeness (QED) is 0.644. The highest BCUT2D eigenvalue weighted by molar-refractivity contribution is 5.94. The van der Waals surface area contributed by atoms with E-state index in [1.165, 1.54) is 24.3 Å². The Kier molecular flexibility index (Phi) is 5.89. The zero-order valence-corrected chi connectivity index (χ0v) is 15.7. The minimum atomic E-state index is -0.421. The van der Waals surface area contributed by atoms with Crippen LogP contribution in [0.1, 0.15) is 23.0 Å². The summed E-state index contributed by atoms with van der Waals surface area (Å²) in [5, 5.41) is 2.74.